The van der Waals surface area contributed by atoms with Crippen LogP contribution in [0.5, 0.6) is 0 Å². The first-order valence-electron chi connectivity index (χ1n) is 9.58. The van der Waals surface area contributed by atoms with Gasteiger partial charge in [-0.3, -0.25) is 13.7 Å². The first-order chi connectivity index (χ1) is 14.6. The molecule has 0 aliphatic rings. The molecular formula is C22H23ClN2O5S. The number of methoxy groups -OCH3 is 1. The number of hydrogen-bond donors (Lipinski definition) is 0. The molecule has 1 aromatic heterocycles. The molecule has 3 aromatic rings. The van der Waals surface area contributed by atoms with Crippen molar-refractivity contribution in [3.8, 4) is 0 Å². The maximum absolute atomic E-state index is 13.6. The van der Waals surface area contributed by atoms with Gasteiger partial charge in [0.2, 0.25) is 10.0 Å². The molecule has 31 heavy (non-hydrogen) atoms. The van der Waals surface area contributed by atoms with E-state index in [2.05, 4.69) is 0 Å². The fourth-order valence-corrected chi connectivity index (χ4v) is 4.93. The number of hydrogen-bond acceptors (Lipinski definition) is 5. The smallest absolute Gasteiger partial charge is 0.340 e. The minimum absolute atomic E-state index is 0.206. The van der Waals surface area contributed by atoms with E-state index in [-0.39, 0.29) is 12.0 Å². The van der Waals surface area contributed by atoms with E-state index in [1.54, 1.807) is 50.2 Å². The molecule has 0 bridgehead atoms. The van der Waals surface area contributed by atoms with Gasteiger partial charge in [0.25, 0.3) is 5.91 Å². The fourth-order valence-electron chi connectivity index (χ4n) is 3.56. The highest BCUT2D eigenvalue weighted by molar-refractivity contribution is 7.92. The lowest BCUT2D eigenvalue weighted by molar-refractivity contribution is 0.0603. The molecule has 0 unspecified atom stereocenters. The maximum atomic E-state index is 13.6. The lowest BCUT2D eigenvalue weighted by atomic mass is 10.1. The number of anilines is 1. The Morgan fingerprint density at radius 3 is 2.45 bits per heavy atom. The van der Waals surface area contributed by atoms with Crippen molar-refractivity contribution in [2.75, 3.05) is 17.7 Å². The van der Waals surface area contributed by atoms with Gasteiger partial charge < -0.3 is 4.74 Å². The predicted octanol–water partition coefficient (Wildman–Crippen LogP) is 4.27. The van der Waals surface area contributed by atoms with Gasteiger partial charge in [-0.1, -0.05) is 42.8 Å². The molecule has 1 heterocycles. The molecule has 164 valence electrons. The number of aryl methyl sites for hydroxylation is 1. The minimum Gasteiger partial charge on any atom is -0.465 e. The van der Waals surface area contributed by atoms with Crippen molar-refractivity contribution in [3.05, 3.63) is 64.8 Å². The maximum Gasteiger partial charge on any atom is 0.340 e. The van der Waals surface area contributed by atoms with Gasteiger partial charge >= 0.3 is 5.97 Å². The summed E-state index contributed by atoms with van der Waals surface area (Å²) in [5, 5.41) is 0.940. The summed E-state index contributed by atoms with van der Waals surface area (Å²) in [7, 11) is -2.57. The third-order valence-electron chi connectivity index (χ3n) is 5.08. The molecule has 7 nitrogen and oxygen atoms in total. The van der Waals surface area contributed by atoms with E-state index >= 15 is 0 Å². The van der Waals surface area contributed by atoms with E-state index in [9.17, 15) is 18.0 Å². The van der Waals surface area contributed by atoms with E-state index in [1.165, 1.54) is 23.9 Å². The Hall–Kier alpha value is -2.84. The Morgan fingerprint density at radius 1 is 1.19 bits per heavy atom. The van der Waals surface area contributed by atoms with Gasteiger partial charge in [0, 0.05) is 16.6 Å². The second kappa shape index (κ2) is 8.72. The quantitative estimate of drug-likeness (QED) is 0.510. The van der Waals surface area contributed by atoms with E-state index in [1.807, 2.05) is 0 Å². The molecule has 0 saturated heterocycles. The lowest BCUT2D eigenvalue weighted by Gasteiger charge is -2.30. The molecule has 0 radical (unpaired) electrons. The second-order valence-corrected chi connectivity index (χ2v) is 9.44. The summed E-state index contributed by atoms with van der Waals surface area (Å²) in [5.74, 6) is -1.07. The zero-order chi connectivity index (χ0) is 22.9. The number of sulfonamides is 1. The third-order valence-corrected chi connectivity index (χ3v) is 6.66. The van der Waals surface area contributed by atoms with E-state index in [4.69, 9.17) is 16.3 Å². The monoisotopic (exact) mass is 462 g/mol. The number of nitrogens with zero attached hydrogens (tertiary/aromatic N) is 2. The molecule has 2 aromatic carbocycles. The van der Waals surface area contributed by atoms with Crippen LogP contribution in [0.4, 0.5) is 5.69 Å². The van der Waals surface area contributed by atoms with Crippen molar-refractivity contribution in [2.24, 2.45) is 0 Å². The summed E-state index contributed by atoms with van der Waals surface area (Å²) in [6, 6.07) is 10.7. The predicted molar refractivity (Wildman–Crippen MR) is 121 cm³/mol. The number of rotatable bonds is 6. The summed E-state index contributed by atoms with van der Waals surface area (Å²) < 4.78 is 32.7. The molecule has 9 heteroatoms. The van der Waals surface area contributed by atoms with Crippen molar-refractivity contribution in [3.63, 3.8) is 0 Å². The zero-order valence-electron chi connectivity index (χ0n) is 17.6. The largest absolute Gasteiger partial charge is 0.465 e. The molecule has 1 atom stereocenters. The van der Waals surface area contributed by atoms with E-state index in [0.717, 1.165) is 16.1 Å². The molecule has 3 rings (SSSR count). The highest BCUT2D eigenvalue weighted by atomic mass is 35.5. The Labute approximate surface area is 186 Å². The van der Waals surface area contributed by atoms with Crippen molar-refractivity contribution >= 4 is 50.1 Å². The van der Waals surface area contributed by atoms with Gasteiger partial charge in [0.15, 0.2) is 0 Å². The first kappa shape index (κ1) is 22.8. The minimum atomic E-state index is -3.83. The SMILES string of the molecule is CC[C@H](C(=O)n1cc(C(=O)OC)c2ccccc21)N(c1ccc(C)c(Cl)c1)S(C)(=O)=O. The standard InChI is InChI=1S/C22H23ClN2O5S/c1-5-19(25(31(4,28)29)15-11-10-14(2)18(23)12-15)21(26)24-13-17(22(27)30-3)16-8-6-7-9-20(16)24/h6-13,19H,5H2,1-4H3/t19-/m1/s1. The van der Waals surface area contributed by atoms with Crippen LogP contribution < -0.4 is 4.31 Å². The fraction of sp³-hybridized carbons (Fsp3) is 0.273. The Bertz CT molecular complexity index is 1270. The zero-order valence-corrected chi connectivity index (χ0v) is 19.2. The number of benzene rings is 2. The van der Waals surface area contributed by atoms with Crippen LogP contribution in [-0.4, -0.2) is 44.3 Å². The third kappa shape index (κ3) is 4.31. The number of fused-ring (bicyclic) bond motifs is 1. The highest BCUT2D eigenvalue weighted by Crippen LogP contribution is 2.29. The topological polar surface area (TPSA) is 85.7 Å². The number of esters is 1. The summed E-state index contributed by atoms with van der Waals surface area (Å²) in [5.41, 5.74) is 1.80. The molecular weight excluding hydrogens is 440 g/mol. The molecule has 0 saturated carbocycles. The van der Waals surface area contributed by atoms with Crippen LogP contribution in [0.25, 0.3) is 10.9 Å². The van der Waals surface area contributed by atoms with Crippen molar-refractivity contribution in [1.29, 1.82) is 0 Å². The number of ether oxygens (including phenoxy) is 1. The highest BCUT2D eigenvalue weighted by Gasteiger charge is 2.34. The van der Waals surface area contributed by atoms with Crippen molar-refractivity contribution in [2.45, 2.75) is 26.3 Å². The number of aromatic nitrogens is 1. The van der Waals surface area contributed by atoms with E-state index < -0.39 is 27.9 Å². The van der Waals surface area contributed by atoms with Crippen LogP contribution in [0.2, 0.25) is 5.02 Å². The normalized spacial score (nSPS) is 12.5. The summed E-state index contributed by atoms with van der Waals surface area (Å²) in [4.78, 5) is 25.8. The molecule has 0 fully saturated rings. The van der Waals surface area contributed by atoms with Gasteiger partial charge in [-0.15, -0.1) is 0 Å². The molecule has 0 aliphatic carbocycles. The summed E-state index contributed by atoms with van der Waals surface area (Å²) >= 11 is 6.22. The van der Waals surface area contributed by atoms with E-state index in [0.29, 0.717) is 21.6 Å². The van der Waals surface area contributed by atoms with Gasteiger partial charge in [-0.05, 0) is 37.1 Å². The Balaban J connectivity index is 2.18. The molecule has 0 N–H and O–H groups in total. The number of carbonyl (C=O) groups is 2. The van der Waals surface area contributed by atoms with Crippen molar-refractivity contribution < 1.29 is 22.7 Å². The summed E-state index contributed by atoms with van der Waals surface area (Å²) in [6.45, 7) is 3.53. The average Bonchev–Trinajstić information content (AvgIpc) is 3.12. The Morgan fingerprint density at radius 2 is 1.87 bits per heavy atom. The average molecular weight is 463 g/mol. The van der Waals surface area contributed by atoms with Crippen LogP contribution in [0.1, 0.15) is 34.1 Å². The van der Waals surface area contributed by atoms with Crippen LogP contribution >= 0.6 is 11.6 Å². The van der Waals surface area contributed by atoms with Gasteiger partial charge in [-0.2, -0.15) is 0 Å². The number of para-hydroxylation sites is 1. The van der Waals surface area contributed by atoms with Crippen LogP contribution in [0.15, 0.2) is 48.7 Å². The van der Waals surface area contributed by atoms with Crippen LogP contribution in [0, 0.1) is 6.92 Å². The summed E-state index contributed by atoms with van der Waals surface area (Å²) in [6.07, 6.45) is 2.64. The molecule has 0 amide bonds. The number of carbonyl (C=O) groups excluding carboxylic acids is 2. The van der Waals surface area contributed by atoms with Crippen LogP contribution in [0.3, 0.4) is 0 Å². The molecule has 0 spiro atoms. The lowest BCUT2D eigenvalue weighted by Crippen LogP contribution is -2.46. The second-order valence-electron chi connectivity index (χ2n) is 7.18. The first-order valence-corrected chi connectivity index (χ1v) is 11.8. The van der Waals surface area contributed by atoms with Gasteiger partial charge in [0.1, 0.15) is 6.04 Å². The number of halogens is 1. The van der Waals surface area contributed by atoms with Gasteiger partial charge in [0.05, 0.1) is 30.1 Å². The Kier molecular flexibility index (Phi) is 6.43. The van der Waals surface area contributed by atoms with Gasteiger partial charge in [-0.25, -0.2) is 13.2 Å². The van der Waals surface area contributed by atoms with Crippen molar-refractivity contribution in [1.82, 2.24) is 4.57 Å². The van der Waals surface area contributed by atoms with Crippen LogP contribution in [-0.2, 0) is 14.8 Å². The molecule has 0 aliphatic heterocycles.